The van der Waals surface area contributed by atoms with Crippen LogP contribution in [0.3, 0.4) is 0 Å². The summed E-state index contributed by atoms with van der Waals surface area (Å²) in [6.45, 7) is -0.311. The average molecular weight is 441 g/mol. The van der Waals surface area contributed by atoms with Gasteiger partial charge in [-0.1, -0.05) is 0 Å². The molecule has 1 aromatic carbocycles. The molecule has 0 aliphatic rings. The van der Waals surface area contributed by atoms with Crippen molar-refractivity contribution >= 4 is 33.1 Å². The van der Waals surface area contributed by atoms with E-state index >= 15 is 0 Å². The van der Waals surface area contributed by atoms with E-state index in [0.717, 1.165) is 4.57 Å². The quantitative estimate of drug-likeness (QED) is 0.473. The van der Waals surface area contributed by atoms with Gasteiger partial charge in [-0.05, 0) is 35.7 Å². The summed E-state index contributed by atoms with van der Waals surface area (Å²) in [5, 5.41) is 4.45. The van der Waals surface area contributed by atoms with Gasteiger partial charge in [-0.2, -0.15) is 0 Å². The lowest BCUT2D eigenvalue weighted by atomic mass is 10.2. The van der Waals surface area contributed by atoms with Crippen LogP contribution in [-0.4, -0.2) is 29.3 Å². The first-order valence-corrected chi connectivity index (χ1v) is 10.1. The third-order valence-corrected chi connectivity index (χ3v) is 5.60. The molecule has 31 heavy (non-hydrogen) atoms. The Bertz CT molecular complexity index is 1350. The normalized spacial score (nSPS) is 10.9. The summed E-state index contributed by atoms with van der Waals surface area (Å²) in [5.41, 5.74) is -0.202. The molecule has 0 fully saturated rings. The minimum atomic E-state index is -0.597. The Kier molecular flexibility index (Phi) is 5.63. The molecular weight excluding hydrogens is 422 g/mol. The van der Waals surface area contributed by atoms with Crippen molar-refractivity contribution in [1.29, 1.82) is 0 Å². The molecule has 1 amide bonds. The van der Waals surface area contributed by atoms with E-state index in [1.165, 1.54) is 36.4 Å². The summed E-state index contributed by atoms with van der Waals surface area (Å²) in [6.07, 6.45) is 1.47. The molecular formula is C21H19N3O6S. The Morgan fingerprint density at radius 2 is 1.97 bits per heavy atom. The summed E-state index contributed by atoms with van der Waals surface area (Å²) in [7, 11) is 3.00. The highest BCUT2D eigenvalue weighted by atomic mass is 32.1. The fourth-order valence-electron chi connectivity index (χ4n) is 3.23. The van der Waals surface area contributed by atoms with Crippen molar-refractivity contribution < 1.29 is 18.7 Å². The van der Waals surface area contributed by atoms with Crippen LogP contribution >= 0.6 is 11.3 Å². The number of ether oxygens (including phenoxy) is 2. The number of benzene rings is 1. The van der Waals surface area contributed by atoms with Crippen LogP contribution in [0.5, 0.6) is 11.5 Å². The second-order valence-corrected chi connectivity index (χ2v) is 7.50. The number of fused-ring (bicyclic) bond motifs is 1. The number of nitrogens with zero attached hydrogens (tertiary/aromatic N) is 2. The van der Waals surface area contributed by atoms with E-state index in [1.54, 1.807) is 41.8 Å². The van der Waals surface area contributed by atoms with E-state index in [-0.39, 0.29) is 13.1 Å². The first-order valence-electron chi connectivity index (χ1n) is 9.27. The van der Waals surface area contributed by atoms with Crippen LogP contribution in [0.1, 0.15) is 5.76 Å². The number of hydrogen-bond donors (Lipinski definition) is 1. The van der Waals surface area contributed by atoms with Gasteiger partial charge in [-0.3, -0.25) is 18.7 Å². The zero-order valence-electron chi connectivity index (χ0n) is 16.8. The van der Waals surface area contributed by atoms with Gasteiger partial charge in [0.1, 0.15) is 28.5 Å². The number of hydrogen-bond acceptors (Lipinski definition) is 7. The number of thiophene rings is 1. The molecule has 0 atom stereocenters. The number of aromatic nitrogens is 2. The van der Waals surface area contributed by atoms with E-state index < -0.39 is 17.2 Å². The van der Waals surface area contributed by atoms with Crippen molar-refractivity contribution in [2.75, 3.05) is 19.5 Å². The van der Waals surface area contributed by atoms with E-state index in [2.05, 4.69) is 5.32 Å². The van der Waals surface area contributed by atoms with Crippen LogP contribution in [-0.2, 0) is 17.9 Å². The zero-order chi connectivity index (χ0) is 22.0. The topological polar surface area (TPSA) is 105 Å². The molecule has 0 aliphatic carbocycles. The molecule has 0 saturated heterocycles. The number of nitrogens with one attached hydrogen (secondary N) is 1. The summed E-state index contributed by atoms with van der Waals surface area (Å²) in [4.78, 5) is 38.7. The number of rotatable bonds is 7. The molecule has 3 aromatic heterocycles. The predicted octanol–water partition coefficient (Wildman–Crippen LogP) is 2.52. The number of carbonyl (C=O) groups excluding carboxylic acids is 1. The van der Waals surface area contributed by atoms with Crippen LogP contribution in [0.4, 0.5) is 5.69 Å². The highest BCUT2D eigenvalue weighted by molar-refractivity contribution is 7.17. The van der Waals surface area contributed by atoms with Crippen LogP contribution in [0, 0.1) is 0 Å². The zero-order valence-corrected chi connectivity index (χ0v) is 17.6. The number of anilines is 1. The second kappa shape index (κ2) is 8.52. The Balaban J connectivity index is 1.70. The van der Waals surface area contributed by atoms with Crippen LogP contribution in [0.2, 0.25) is 0 Å². The van der Waals surface area contributed by atoms with Gasteiger partial charge in [0.2, 0.25) is 5.91 Å². The molecule has 4 aromatic rings. The second-order valence-electron chi connectivity index (χ2n) is 6.59. The lowest BCUT2D eigenvalue weighted by molar-refractivity contribution is -0.116. The first kappa shape index (κ1) is 20.5. The number of furan rings is 1. The van der Waals surface area contributed by atoms with Gasteiger partial charge in [-0.25, -0.2) is 4.79 Å². The van der Waals surface area contributed by atoms with Crippen molar-refractivity contribution in [2.24, 2.45) is 0 Å². The number of carbonyl (C=O) groups is 1. The SMILES string of the molecule is COc1ccc(OC)c(NC(=O)Cn2c(=O)n(Cc3ccco3)c(=O)c3sccc32)c1. The third-order valence-electron chi connectivity index (χ3n) is 4.71. The fourth-order valence-corrected chi connectivity index (χ4v) is 4.07. The van der Waals surface area contributed by atoms with Gasteiger partial charge in [0.25, 0.3) is 5.56 Å². The van der Waals surface area contributed by atoms with Crippen molar-refractivity contribution in [1.82, 2.24) is 9.13 Å². The van der Waals surface area contributed by atoms with Crippen molar-refractivity contribution in [3.63, 3.8) is 0 Å². The Hall–Kier alpha value is -3.79. The minimum Gasteiger partial charge on any atom is -0.497 e. The maximum absolute atomic E-state index is 13.1. The standard InChI is InChI=1S/C21H19N3O6S/c1-28-13-5-6-17(29-2)15(10-13)22-18(25)12-23-16-7-9-31-19(16)20(26)24(21(23)27)11-14-4-3-8-30-14/h3-10H,11-12H2,1-2H3,(H,22,25). The van der Waals surface area contributed by atoms with Crippen LogP contribution in [0.15, 0.2) is 62.0 Å². The van der Waals surface area contributed by atoms with Gasteiger partial charge in [0.15, 0.2) is 0 Å². The molecule has 9 nitrogen and oxygen atoms in total. The van der Waals surface area contributed by atoms with Gasteiger partial charge in [0, 0.05) is 6.07 Å². The number of amides is 1. The van der Waals surface area contributed by atoms with Gasteiger partial charge < -0.3 is 19.2 Å². The minimum absolute atomic E-state index is 0.0240. The molecule has 0 radical (unpaired) electrons. The summed E-state index contributed by atoms with van der Waals surface area (Å²) in [5.74, 6) is 1.00. The largest absolute Gasteiger partial charge is 0.497 e. The lowest BCUT2D eigenvalue weighted by Gasteiger charge is -2.14. The molecule has 10 heteroatoms. The van der Waals surface area contributed by atoms with Crippen molar-refractivity contribution in [2.45, 2.75) is 13.1 Å². The predicted molar refractivity (Wildman–Crippen MR) is 116 cm³/mol. The summed E-state index contributed by atoms with van der Waals surface area (Å²) >= 11 is 1.21. The van der Waals surface area contributed by atoms with Crippen LogP contribution in [0.25, 0.3) is 10.2 Å². The van der Waals surface area contributed by atoms with E-state index in [1.807, 2.05) is 0 Å². The molecule has 160 valence electrons. The molecule has 3 heterocycles. The van der Waals surface area contributed by atoms with E-state index in [9.17, 15) is 14.4 Å². The molecule has 4 rings (SSSR count). The summed E-state index contributed by atoms with van der Waals surface area (Å²) in [6, 6.07) is 10.0. The highest BCUT2D eigenvalue weighted by Crippen LogP contribution is 2.29. The smallest absolute Gasteiger partial charge is 0.332 e. The van der Waals surface area contributed by atoms with Gasteiger partial charge in [-0.15, -0.1) is 11.3 Å². The number of methoxy groups -OCH3 is 2. The Labute approximate surface area is 180 Å². The monoisotopic (exact) mass is 441 g/mol. The Morgan fingerprint density at radius 3 is 2.68 bits per heavy atom. The average Bonchev–Trinajstić information content (AvgIpc) is 3.46. The molecule has 0 spiro atoms. The fraction of sp³-hybridized carbons (Fsp3) is 0.190. The van der Waals surface area contributed by atoms with E-state index in [4.69, 9.17) is 13.9 Å². The van der Waals surface area contributed by atoms with Crippen molar-refractivity contribution in [3.05, 3.63) is 74.6 Å². The lowest BCUT2D eigenvalue weighted by Crippen LogP contribution is -2.41. The summed E-state index contributed by atoms with van der Waals surface area (Å²) < 4.78 is 18.5. The Morgan fingerprint density at radius 1 is 1.13 bits per heavy atom. The maximum Gasteiger partial charge on any atom is 0.332 e. The highest BCUT2D eigenvalue weighted by Gasteiger charge is 2.18. The molecule has 0 aliphatic heterocycles. The molecule has 0 bridgehead atoms. The maximum atomic E-state index is 13.1. The molecule has 0 unspecified atom stereocenters. The van der Waals surface area contributed by atoms with Crippen LogP contribution < -0.4 is 26.0 Å². The van der Waals surface area contributed by atoms with Gasteiger partial charge in [0.05, 0.1) is 38.2 Å². The molecule has 1 N–H and O–H groups in total. The third kappa shape index (κ3) is 3.97. The van der Waals surface area contributed by atoms with E-state index in [0.29, 0.717) is 33.2 Å². The molecule has 0 saturated carbocycles. The van der Waals surface area contributed by atoms with Crippen molar-refractivity contribution in [3.8, 4) is 11.5 Å². The van der Waals surface area contributed by atoms with Gasteiger partial charge >= 0.3 is 5.69 Å². The first-order chi connectivity index (χ1) is 15.0.